The summed E-state index contributed by atoms with van der Waals surface area (Å²) >= 11 is 0. The zero-order chi connectivity index (χ0) is 28.1. The van der Waals surface area contributed by atoms with E-state index in [1.54, 1.807) is 7.11 Å². The Morgan fingerprint density at radius 2 is 1.33 bits per heavy atom. The van der Waals surface area contributed by atoms with Crippen molar-refractivity contribution in [2.45, 2.75) is 65.4 Å². The highest BCUT2D eigenvalue weighted by molar-refractivity contribution is 5.75. The number of methoxy groups -OCH3 is 1. The standard InChI is InChI=1S/C33H43NO5/c1-6-7-9-22-37-28-17-15-26(16-18-28)25-11-13-27(14-12-25)30-20-19-29(36-5)24-31(30)38-23-10-8-21-34-32(35)39-33(2,3)4/h11-20,24H,6-10,21-23H2,1-5H3,(H,34,35). The summed E-state index contributed by atoms with van der Waals surface area (Å²) in [5.41, 5.74) is 3.86. The Morgan fingerprint density at radius 3 is 1.97 bits per heavy atom. The van der Waals surface area contributed by atoms with E-state index in [2.05, 4.69) is 48.6 Å². The first kappa shape index (κ1) is 29.9. The summed E-state index contributed by atoms with van der Waals surface area (Å²) in [6.45, 7) is 9.57. The number of hydrogen-bond donors (Lipinski definition) is 1. The molecule has 0 aliphatic heterocycles. The molecule has 0 saturated heterocycles. The molecule has 0 aromatic heterocycles. The fourth-order valence-electron chi connectivity index (χ4n) is 4.03. The molecular weight excluding hydrogens is 490 g/mol. The third-order valence-electron chi connectivity index (χ3n) is 6.09. The third kappa shape index (κ3) is 10.2. The number of amides is 1. The van der Waals surface area contributed by atoms with Crippen LogP contribution in [-0.4, -0.2) is 38.6 Å². The number of ether oxygens (including phenoxy) is 4. The number of carbonyl (C=O) groups excluding carboxylic acids is 1. The van der Waals surface area contributed by atoms with E-state index in [0.717, 1.165) is 65.4 Å². The number of hydrogen-bond acceptors (Lipinski definition) is 5. The highest BCUT2D eigenvalue weighted by atomic mass is 16.6. The molecule has 0 aliphatic rings. The third-order valence-corrected chi connectivity index (χ3v) is 6.09. The summed E-state index contributed by atoms with van der Waals surface area (Å²) in [7, 11) is 1.65. The summed E-state index contributed by atoms with van der Waals surface area (Å²) in [6, 6.07) is 22.6. The predicted molar refractivity (Wildman–Crippen MR) is 158 cm³/mol. The van der Waals surface area contributed by atoms with Crippen molar-refractivity contribution in [1.82, 2.24) is 5.32 Å². The highest BCUT2D eigenvalue weighted by Gasteiger charge is 2.15. The fraction of sp³-hybridized carbons (Fsp3) is 0.424. The van der Waals surface area contributed by atoms with Gasteiger partial charge in [-0.05, 0) is 81.0 Å². The minimum absolute atomic E-state index is 0.395. The number of rotatable bonds is 14. The number of alkyl carbamates (subject to hydrolysis) is 1. The van der Waals surface area contributed by atoms with Gasteiger partial charge in [-0.1, -0.05) is 56.2 Å². The van der Waals surface area contributed by atoms with Crippen molar-refractivity contribution in [3.63, 3.8) is 0 Å². The van der Waals surface area contributed by atoms with Crippen LogP contribution in [0.25, 0.3) is 22.3 Å². The van der Waals surface area contributed by atoms with E-state index >= 15 is 0 Å². The van der Waals surface area contributed by atoms with Crippen LogP contribution >= 0.6 is 0 Å². The van der Waals surface area contributed by atoms with Gasteiger partial charge in [-0.15, -0.1) is 0 Å². The first-order chi connectivity index (χ1) is 18.8. The maximum Gasteiger partial charge on any atom is 0.407 e. The van der Waals surface area contributed by atoms with E-state index in [0.29, 0.717) is 13.2 Å². The number of nitrogens with one attached hydrogen (secondary N) is 1. The zero-order valence-corrected chi connectivity index (χ0v) is 24.0. The SMILES string of the molecule is CCCCCOc1ccc(-c2ccc(-c3ccc(OC)cc3OCCCCNC(=O)OC(C)(C)C)cc2)cc1. The van der Waals surface area contributed by atoms with Gasteiger partial charge >= 0.3 is 6.09 Å². The largest absolute Gasteiger partial charge is 0.497 e. The van der Waals surface area contributed by atoms with Crippen LogP contribution in [0.4, 0.5) is 4.79 Å². The number of unbranched alkanes of at least 4 members (excludes halogenated alkanes) is 3. The first-order valence-electron chi connectivity index (χ1n) is 13.9. The molecule has 210 valence electrons. The van der Waals surface area contributed by atoms with E-state index in [1.807, 2.05) is 51.1 Å². The minimum Gasteiger partial charge on any atom is -0.497 e. The lowest BCUT2D eigenvalue weighted by Gasteiger charge is -2.19. The summed E-state index contributed by atoms with van der Waals surface area (Å²) in [4.78, 5) is 11.8. The van der Waals surface area contributed by atoms with Crippen molar-refractivity contribution in [3.8, 4) is 39.5 Å². The molecule has 6 nitrogen and oxygen atoms in total. The van der Waals surface area contributed by atoms with Gasteiger partial charge < -0.3 is 24.3 Å². The molecular formula is C33H43NO5. The van der Waals surface area contributed by atoms with E-state index in [9.17, 15) is 4.79 Å². The molecule has 0 radical (unpaired) electrons. The lowest BCUT2D eigenvalue weighted by atomic mass is 9.99. The van der Waals surface area contributed by atoms with Crippen LogP contribution in [0, 0.1) is 0 Å². The molecule has 0 spiro atoms. The number of carbonyl (C=O) groups is 1. The van der Waals surface area contributed by atoms with Crippen molar-refractivity contribution in [2.24, 2.45) is 0 Å². The molecule has 3 aromatic rings. The molecule has 0 atom stereocenters. The molecule has 6 heteroatoms. The summed E-state index contributed by atoms with van der Waals surface area (Å²) in [5.74, 6) is 2.42. The molecule has 3 aromatic carbocycles. The van der Waals surface area contributed by atoms with Crippen LogP contribution in [0.15, 0.2) is 66.7 Å². The molecule has 3 rings (SSSR count). The van der Waals surface area contributed by atoms with E-state index in [-0.39, 0.29) is 0 Å². The quantitative estimate of drug-likeness (QED) is 0.211. The lowest BCUT2D eigenvalue weighted by molar-refractivity contribution is 0.0526. The monoisotopic (exact) mass is 533 g/mol. The number of benzene rings is 3. The molecule has 0 fully saturated rings. The van der Waals surface area contributed by atoms with Gasteiger partial charge in [-0.3, -0.25) is 0 Å². The van der Waals surface area contributed by atoms with E-state index in [4.69, 9.17) is 18.9 Å². The summed E-state index contributed by atoms with van der Waals surface area (Å²) in [6.07, 6.45) is 4.66. The first-order valence-corrected chi connectivity index (χ1v) is 13.9. The molecule has 0 saturated carbocycles. The molecule has 0 heterocycles. The highest BCUT2D eigenvalue weighted by Crippen LogP contribution is 2.35. The Morgan fingerprint density at radius 1 is 0.744 bits per heavy atom. The molecule has 1 N–H and O–H groups in total. The Kier molecular flexibility index (Phi) is 11.5. The normalized spacial score (nSPS) is 11.1. The summed E-state index contributed by atoms with van der Waals surface area (Å²) < 4.78 is 22.7. The van der Waals surface area contributed by atoms with Crippen LogP contribution in [0.3, 0.4) is 0 Å². The van der Waals surface area contributed by atoms with Gasteiger partial charge in [0.2, 0.25) is 0 Å². The van der Waals surface area contributed by atoms with Crippen molar-refractivity contribution in [2.75, 3.05) is 26.9 Å². The van der Waals surface area contributed by atoms with Crippen LogP contribution < -0.4 is 19.5 Å². The summed E-state index contributed by atoms with van der Waals surface area (Å²) in [5, 5.41) is 2.78. The van der Waals surface area contributed by atoms with Gasteiger partial charge in [0.1, 0.15) is 22.8 Å². The van der Waals surface area contributed by atoms with E-state index < -0.39 is 11.7 Å². The average molecular weight is 534 g/mol. The lowest BCUT2D eigenvalue weighted by Crippen LogP contribution is -2.33. The van der Waals surface area contributed by atoms with Crippen LogP contribution in [0.2, 0.25) is 0 Å². The topological polar surface area (TPSA) is 66.0 Å². The van der Waals surface area contributed by atoms with E-state index in [1.165, 1.54) is 12.8 Å². The van der Waals surface area contributed by atoms with Crippen LogP contribution in [-0.2, 0) is 4.74 Å². The second kappa shape index (κ2) is 15.1. The molecule has 1 amide bonds. The molecule has 0 aliphatic carbocycles. The zero-order valence-electron chi connectivity index (χ0n) is 24.0. The Balaban J connectivity index is 1.57. The maximum atomic E-state index is 11.8. The predicted octanol–water partition coefficient (Wildman–Crippen LogP) is 8.28. The van der Waals surface area contributed by atoms with Gasteiger partial charge in [-0.25, -0.2) is 4.79 Å². The van der Waals surface area contributed by atoms with Gasteiger partial charge in [0.05, 0.1) is 20.3 Å². The van der Waals surface area contributed by atoms with Crippen LogP contribution in [0.1, 0.15) is 59.8 Å². The molecule has 0 unspecified atom stereocenters. The Bertz CT molecular complexity index is 1150. The fourth-order valence-corrected chi connectivity index (χ4v) is 4.03. The second-order valence-corrected chi connectivity index (χ2v) is 10.5. The average Bonchev–Trinajstić information content (AvgIpc) is 2.92. The molecule has 39 heavy (non-hydrogen) atoms. The Hall–Kier alpha value is -3.67. The van der Waals surface area contributed by atoms with Crippen molar-refractivity contribution in [3.05, 3.63) is 66.7 Å². The second-order valence-electron chi connectivity index (χ2n) is 10.5. The maximum absolute atomic E-state index is 11.8. The van der Waals surface area contributed by atoms with Gasteiger partial charge in [0.15, 0.2) is 0 Å². The van der Waals surface area contributed by atoms with Crippen molar-refractivity contribution in [1.29, 1.82) is 0 Å². The Labute approximate surface area is 233 Å². The van der Waals surface area contributed by atoms with Crippen LogP contribution in [0.5, 0.6) is 17.2 Å². The smallest absolute Gasteiger partial charge is 0.407 e. The van der Waals surface area contributed by atoms with Gasteiger partial charge in [-0.2, -0.15) is 0 Å². The van der Waals surface area contributed by atoms with Gasteiger partial charge in [0, 0.05) is 18.2 Å². The van der Waals surface area contributed by atoms with Crippen molar-refractivity contribution >= 4 is 6.09 Å². The minimum atomic E-state index is -0.499. The van der Waals surface area contributed by atoms with Crippen molar-refractivity contribution < 1.29 is 23.7 Å². The van der Waals surface area contributed by atoms with Gasteiger partial charge in [0.25, 0.3) is 0 Å². The molecule has 0 bridgehead atoms.